The van der Waals surface area contributed by atoms with E-state index in [0.717, 1.165) is 6.07 Å². The van der Waals surface area contributed by atoms with E-state index in [2.05, 4.69) is 5.32 Å². The zero-order valence-electron chi connectivity index (χ0n) is 12.1. The maximum Gasteiger partial charge on any atom is 0.405 e. The summed E-state index contributed by atoms with van der Waals surface area (Å²) in [5.41, 5.74) is -0.134. The molecule has 0 radical (unpaired) electrons. The van der Waals surface area contributed by atoms with Gasteiger partial charge in [-0.25, -0.2) is 8.42 Å². The van der Waals surface area contributed by atoms with E-state index >= 15 is 0 Å². The number of hydrogen-bond acceptors (Lipinski definition) is 4. The number of carbonyl (C=O) groups excluding carboxylic acids is 1. The van der Waals surface area contributed by atoms with Crippen LogP contribution in [0, 0.1) is 0 Å². The van der Waals surface area contributed by atoms with E-state index in [4.69, 9.17) is 0 Å². The Hall–Kier alpha value is -1.65. The third-order valence-electron chi connectivity index (χ3n) is 3.26. The second-order valence-corrected chi connectivity index (χ2v) is 6.92. The van der Waals surface area contributed by atoms with Crippen molar-refractivity contribution in [2.45, 2.75) is 11.1 Å². The zero-order chi connectivity index (χ0) is 17.1. The molecule has 10 heteroatoms. The van der Waals surface area contributed by atoms with Gasteiger partial charge in [0.15, 0.2) is 0 Å². The van der Waals surface area contributed by atoms with Crippen molar-refractivity contribution in [3.05, 3.63) is 29.8 Å². The molecule has 1 fully saturated rings. The number of nitrogens with zero attached hydrogens (tertiary/aromatic N) is 1. The maximum atomic E-state index is 12.5. The molecule has 128 valence electrons. The molecule has 2 N–H and O–H groups in total. The van der Waals surface area contributed by atoms with Gasteiger partial charge < -0.3 is 10.6 Å². The predicted octanol–water partition coefficient (Wildman–Crippen LogP) is 0.573. The Labute approximate surface area is 131 Å². The molecule has 1 aromatic rings. The normalized spacial score (nSPS) is 17.0. The van der Waals surface area contributed by atoms with Crippen molar-refractivity contribution in [2.24, 2.45) is 0 Å². The van der Waals surface area contributed by atoms with Crippen LogP contribution in [0.15, 0.2) is 29.2 Å². The van der Waals surface area contributed by atoms with Crippen LogP contribution in [0.5, 0.6) is 0 Å². The van der Waals surface area contributed by atoms with Gasteiger partial charge in [-0.05, 0) is 18.2 Å². The molecule has 1 aliphatic heterocycles. The predicted molar refractivity (Wildman–Crippen MR) is 76.5 cm³/mol. The molecule has 0 saturated carbocycles. The van der Waals surface area contributed by atoms with Crippen LogP contribution in [-0.4, -0.2) is 57.5 Å². The lowest BCUT2D eigenvalue weighted by atomic mass is 10.2. The Balaban J connectivity index is 2.17. The summed E-state index contributed by atoms with van der Waals surface area (Å²) in [6, 6.07) is 5.00. The van der Waals surface area contributed by atoms with Crippen molar-refractivity contribution in [2.75, 3.05) is 32.7 Å². The van der Waals surface area contributed by atoms with E-state index < -0.39 is 28.7 Å². The topological polar surface area (TPSA) is 78.5 Å². The summed E-state index contributed by atoms with van der Waals surface area (Å²) < 4.78 is 62.6. The average Bonchev–Trinajstić information content (AvgIpc) is 2.53. The quantitative estimate of drug-likeness (QED) is 0.832. The average molecular weight is 351 g/mol. The highest BCUT2D eigenvalue weighted by Crippen LogP contribution is 2.18. The molecule has 0 aromatic heterocycles. The highest BCUT2D eigenvalue weighted by Gasteiger charge is 2.29. The Kier molecular flexibility index (Phi) is 5.27. The first-order chi connectivity index (χ1) is 10.7. The van der Waals surface area contributed by atoms with Crippen LogP contribution in [0.3, 0.4) is 0 Å². The highest BCUT2D eigenvalue weighted by atomic mass is 32.2. The molecular weight excluding hydrogens is 335 g/mol. The molecule has 1 heterocycles. The van der Waals surface area contributed by atoms with Crippen molar-refractivity contribution in [1.29, 1.82) is 0 Å². The summed E-state index contributed by atoms with van der Waals surface area (Å²) in [5, 5.41) is 4.74. The molecule has 0 spiro atoms. The maximum absolute atomic E-state index is 12.5. The minimum absolute atomic E-state index is 0.112. The van der Waals surface area contributed by atoms with Crippen LogP contribution in [0.2, 0.25) is 0 Å². The van der Waals surface area contributed by atoms with E-state index in [1.165, 1.54) is 22.5 Å². The van der Waals surface area contributed by atoms with Gasteiger partial charge in [0.05, 0.1) is 4.90 Å². The lowest BCUT2D eigenvalue weighted by Crippen LogP contribution is -2.46. The van der Waals surface area contributed by atoms with Gasteiger partial charge in [0.2, 0.25) is 10.0 Å². The van der Waals surface area contributed by atoms with Gasteiger partial charge in [0, 0.05) is 31.7 Å². The molecule has 1 aromatic carbocycles. The molecule has 23 heavy (non-hydrogen) atoms. The summed E-state index contributed by atoms with van der Waals surface area (Å²) in [5.74, 6) is -0.973. The van der Waals surface area contributed by atoms with E-state index in [9.17, 15) is 26.4 Å². The standard InChI is InChI=1S/C13H16F3N3O3S/c14-13(15,16)9-18-12(20)10-2-1-3-11(8-10)23(21,22)19-6-4-17-5-7-19/h1-3,8,17H,4-7,9H2,(H,18,20). The SMILES string of the molecule is O=C(NCC(F)(F)F)c1cccc(S(=O)(=O)N2CCNCC2)c1. The molecule has 1 saturated heterocycles. The molecule has 6 nitrogen and oxygen atoms in total. The summed E-state index contributed by atoms with van der Waals surface area (Å²) in [6.45, 7) is 0.163. The molecule has 1 aliphatic rings. The van der Waals surface area contributed by atoms with E-state index in [1.54, 1.807) is 5.32 Å². The lowest BCUT2D eigenvalue weighted by Gasteiger charge is -2.26. The second kappa shape index (κ2) is 6.85. The summed E-state index contributed by atoms with van der Waals surface area (Å²) in [7, 11) is -3.77. The van der Waals surface area contributed by atoms with Crippen LogP contribution in [-0.2, 0) is 10.0 Å². The largest absolute Gasteiger partial charge is 0.405 e. The second-order valence-electron chi connectivity index (χ2n) is 4.98. The monoisotopic (exact) mass is 351 g/mol. The van der Waals surface area contributed by atoms with Gasteiger partial charge in [0.1, 0.15) is 6.54 Å². The van der Waals surface area contributed by atoms with Crippen molar-refractivity contribution in [3.63, 3.8) is 0 Å². The van der Waals surface area contributed by atoms with Gasteiger partial charge in [-0.3, -0.25) is 4.79 Å². The molecule has 0 unspecified atom stereocenters. The third kappa shape index (κ3) is 4.66. The van der Waals surface area contributed by atoms with Gasteiger partial charge in [-0.15, -0.1) is 0 Å². The Bertz CT molecular complexity index is 671. The molecule has 0 bridgehead atoms. The van der Waals surface area contributed by atoms with Crippen LogP contribution < -0.4 is 10.6 Å². The van der Waals surface area contributed by atoms with Crippen LogP contribution in [0.1, 0.15) is 10.4 Å². The third-order valence-corrected chi connectivity index (χ3v) is 5.15. The van der Waals surface area contributed by atoms with Crippen molar-refractivity contribution >= 4 is 15.9 Å². The van der Waals surface area contributed by atoms with Crippen molar-refractivity contribution in [3.8, 4) is 0 Å². The number of hydrogen-bond donors (Lipinski definition) is 2. The number of carbonyl (C=O) groups is 1. The van der Waals surface area contributed by atoms with Crippen LogP contribution >= 0.6 is 0 Å². The van der Waals surface area contributed by atoms with Gasteiger partial charge in [-0.1, -0.05) is 6.07 Å². The van der Waals surface area contributed by atoms with Crippen molar-refractivity contribution < 1.29 is 26.4 Å². The number of nitrogens with one attached hydrogen (secondary N) is 2. The molecule has 2 rings (SSSR count). The summed E-state index contributed by atoms with van der Waals surface area (Å²) >= 11 is 0. The van der Waals surface area contributed by atoms with E-state index in [0.29, 0.717) is 26.2 Å². The lowest BCUT2D eigenvalue weighted by molar-refractivity contribution is -0.123. The number of benzene rings is 1. The number of amides is 1. The van der Waals surface area contributed by atoms with Crippen LogP contribution in [0.25, 0.3) is 0 Å². The van der Waals surface area contributed by atoms with Gasteiger partial charge in [-0.2, -0.15) is 17.5 Å². The van der Waals surface area contributed by atoms with E-state index in [1.807, 2.05) is 0 Å². The zero-order valence-corrected chi connectivity index (χ0v) is 12.9. The number of piperazine rings is 1. The molecule has 1 amide bonds. The summed E-state index contributed by atoms with van der Waals surface area (Å²) in [4.78, 5) is 11.6. The van der Waals surface area contributed by atoms with E-state index in [-0.39, 0.29) is 10.5 Å². The molecular formula is C13H16F3N3O3S. The number of sulfonamides is 1. The first-order valence-corrected chi connectivity index (χ1v) is 8.30. The smallest absolute Gasteiger partial charge is 0.343 e. The first-order valence-electron chi connectivity index (χ1n) is 6.86. The number of rotatable bonds is 4. The minimum Gasteiger partial charge on any atom is -0.343 e. The number of halogens is 3. The fraction of sp³-hybridized carbons (Fsp3) is 0.462. The Morgan fingerprint density at radius 3 is 2.52 bits per heavy atom. The van der Waals surface area contributed by atoms with Gasteiger partial charge in [0.25, 0.3) is 5.91 Å². The fourth-order valence-corrected chi connectivity index (χ4v) is 3.60. The Morgan fingerprint density at radius 1 is 1.26 bits per heavy atom. The number of alkyl halides is 3. The fourth-order valence-electron chi connectivity index (χ4n) is 2.11. The van der Waals surface area contributed by atoms with Gasteiger partial charge >= 0.3 is 6.18 Å². The molecule has 0 atom stereocenters. The highest BCUT2D eigenvalue weighted by molar-refractivity contribution is 7.89. The first kappa shape index (κ1) is 17.7. The van der Waals surface area contributed by atoms with Crippen LogP contribution in [0.4, 0.5) is 13.2 Å². The summed E-state index contributed by atoms with van der Waals surface area (Å²) in [6.07, 6.45) is -4.53. The van der Waals surface area contributed by atoms with Crippen molar-refractivity contribution in [1.82, 2.24) is 14.9 Å². The molecule has 0 aliphatic carbocycles. The minimum atomic E-state index is -4.53. The Morgan fingerprint density at radius 2 is 1.91 bits per heavy atom.